The van der Waals surface area contributed by atoms with Gasteiger partial charge in [0.25, 0.3) is 15.9 Å². The summed E-state index contributed by atoms with van der Waals surface area (Å²) in [6.45, 7) is 0. The summed E-state index contributed by atoms with van der Waals surface area (Å²) in [6.07, 6.45) is 0. The van der Waals surface area contributed by atoms with Gasteiger partial charge in [-0.25, -0.2) is 12.8 Å². The van der Waals surface area contributed by atoms with Crippen molar-refractivity contribution in [3.05, 3.63) is 83.1 Å². The van der Waals surface area contributed by atoms with Crippen molar-refractivity contribution in [2.75, 3.05) is 23.8 Å². The zero-order chi connectivity index (χ0) is 21.9. The molecule has 0 saturated carbocycles. The number of hydrogen-bond acceptors (Lipinski definition) is 4. The molecule has 3 rings (SSSR count). The monoisotopic (exact) mass is 448 g/mol. The highest BCUT2D eigenvalue weighted by Gasteiger charge is 2.23. The van der Waals surface area contributed by atoms with E-state index in [0.29, 0.717) is 11.4 Å². The second-order valence-corrected chi connectivity index (χ2v) is 8.65. The van der Waals surface area contributed by atoms with Crippen LogP contribution in [-0.2, 0) is 10.0 Å². The fraction of sp³-hybridized carbons (Fsp3) is 0.0952. The number of sulfonamides is 1. The molecule has 1 amide bonds. The van der Waals surface area contributed by atoms with Crippen LogP contribution in [0.25, 0.3) is 0 Å². The minimum absolute atomic E-state index is 0.0677. The number of rotatable bonds is 6. The number of halogens is 2. The Morgan fingerprint density at radius 3 is 2.27 bits per heavy atom. The van der Waals surface area contributed by atoms with Gasteiger partial charge in [0.2, 0.25) is 0 Å². The van der Waals surface area contributed by atoms with Crippen LogP contribution >= 0.6 is 11.6 Å². The molecule has 0 bridgehead atoms. The summed E-state index contributed by atoms with van der Waals surface area (Å²) in [5.74, 6) is -0.454. The third kappa shape index (κ3) is 4.55. The van der Waals surface area contributed by atoms with Gasteiger partial charge < -0.3 is 10.1 Å². The predicted octanol–water partition coefficient (Wildman–Crippen LogP) is 4.57. The van der Waals surface area contributed by atoms with E-state index in [2.05, 4.69) is 5.32 Å². The molecule has 0 spiro atoms. The summed E-state index contributed by atoms with van der Waals surface area (Å²) in [4.78, 5) is 12.7. The van der Waals surface area contributed by atoms with Crippen LogP contribution in [0.2, 0.25) is 5.02 Å². The molecule has 6 nitrogen and oxygen atoms in total. The topological polar surface area (TPSA) is 75.7 Å². The molecular weight excluding hydrogens is 431 g/mol. The van der Waals surface area contributed by atoms with Crippen LogP contribution in [0.5, 0.6) is 5.75 Å². The number of anilines is 2. The molecule has 0 heterocycles. The molecule has 3 aromatic rings. The normalized spacial score (nSPS) is 11.1. The average Bonchev–Trinajstić information content (AvgIpc) is 2.75. The molecule has 0 aliphatic heterocycles. The summed E-state index contributed by atoms with van der Waals surface area (Å²) in [7, 11) is -1.01. The van der Waals surface area contributed by atoms with E-state index in [0.717, 1.165) is 4.31 Å². The van der Waals surface area contributed by atoms with Gasteiger partial charge in [0.15, 0.2) is 0 Å². The number of nitrogens with one attached hydrogen (secondary N) is 1. The summed E-state index contributed by atoms with van der Waals surface area (Å²) in [5, 5.41) is 2.75. The maximum absolute atomic E-state index is 13.0. The van der Waals surface area contributed by atoms with Crippen LogP contribution in [-0.4, -0.2) is 28.5 Å². The summed E-state index contributed by atoms with van der Waals surface area (Å²) in [6, 6.07) is 15.5. The van der Waals surface area contributed by atoms with E-state index in [-0.39, 0.29) is 21.2 Å². The molecule has 0 aliphatic rings. The van der Waals surface area contributed by atoms with Crippen molar-refractivity contribution in [3.8, 4) is 5.75 Å². The van der Waals surface area contributed by atoms with Crippen molar-refractivity contribution in [2.45, 2.75) is 4.90 Å². The third-order valence-corrected chi connectivity index (χ3v) is 6.51. The molecule has 0 saturated heterocycles. The van der Waals surface area contributed by atoms with Crippen LogP contribution in [0.3, 0.4) is 0 Å². The van der Waals surface area contributed by atoms with Gasteiger partial charge in [-0.2, -0.15) is 0 Å². The Bertz CT molecular complexity index is 1170. The van der Waals surface area contributed by atoms with Crippen molar-refractivity contribution in [3.63, 3.8) is 0 Å². The lowest BCUT2D eigenvalue weighted by atomic mass is 10.1. The zero-order valence-corrected chi connectivity index (χ0v) is 17.7. The van der Waals surface area contributed by atoms with Gasteiger partial charge in [-0.1, -0.05) is 11.6 Å². The van der Waals surface area contributed by atoms with Crippen molar-refractivity contribution in [1.82, 2.24) is 0 Å². The molecule has 156 valence electrons. The van der Waals surface area contributed by atoms with E-state index < -0.39 is 21.7 Å². The van der Waals surface area contributed by atoms with Gasteiger partial charge in [-0.15, -0.1) is 0 Å². The first-order valence-corrected chi connectivity index (χ1v) is 10.5. The Morgan fingerprint density at radius 1 is 1.03 bits per heavy atom. The number of hydrogen-bond donors (Lipinski definition) is 1. The van der Waals surface area contributed by atoms with Gasteiger partial charge in [-0.3, -0.25) is 9.10 Å². The van der Waals surface area contributed by atoms with Crippen LogP contribution in [0, 0.1) is 5.82 Å². The van der Waals surface area contributed by atoms with Gasteiger partial charge in [-0.05, 0) is 66.7 Å². The van der Waals surface area contributed by atoms with Crippen molar-refractivity contribution in [1.29, 1.82) is 0 Å². The highest BCUT2D eigenvalue weighted by molar-refractivity contribution is 7.92. The smallest absolute Gasteiger partial charge is 0.264 e. The standard InChI is InChI=1S/C21H18ClFN2O4S/c1-25(30(27,28)18-10-8-17(29-2)9-11-18)16-7-12-20(22)19(13-16)21(26)24-15-5-3-14(23)4-6-15/h3-13H,1-2H3,(H,24,26). The molecule has 0 aromatic heterocycles. The fourth-order valence-corrected chi connectivity index (χ4v) is 4.05. The minimum Gasteiger partial charge on any atom is -0.497 e. The molecular formula is C21H18ClFN2O4S. The fourth-order valence-electron chi connectivity index (χ4n) is 2.66. The first-order valence-electron chi connectivity index (χ1n) is 8.72. The first-order chi connectivity index (χ1) is 14.2. The number of amides is 1. The highest BCUT2D eigenvalue weighted by Crippen LogP contribution is 2.28. The molecule has 0 unspecified atom stereocenters. The number of nitrogens with zero attached hydrogens (tertiary/aromatic N) is 1. The Hall–Kier alpha value is -3.10. The maximum Gasteiger partial charge on any atom is 0.264 e. The van der Waals surface area contributed by atoms with E-state index >= 15 is 0 Å². The predicted molar refractivity (Wildman–Crippen MR) is 114 cm³/mol. The molecule has 0 radical (unpaired) electrons. The molecule has 9 heteroatoms. The van der Waals surface area contributed by atoms with Crippen LogP contribution in [0.1, 0.15) is 10.4 Å². The number of ether oxygens (including phenoxy) is 1. The second-order valence-electron chi connectivity index (χ2n) is 6.27. The number of carbonyl (C=O) groups is 1. The summed E-state index contributed by atoms with van der Waals surface area (Å²) >= 11 is 6.15. The van der Waals surface area contributed by atoms with Crippen molar-refractivity contribution < 1.29 is 22.3 Å². The maximum atomic E-state index is 13.0. The van der Waals surface area contributed by atoms with E-state index in [9.17, 15) is 17.6 Å². The van der Waals surface area contributed by atoms with Gasteiger partial charge in [0, 0.05) is 12.7 Å². The highest BCUT2D eigenvalue weighted by atomic mass is 35.5. The molecule has 0 fully saturated rings. The van der Waals surface area contributed by atoms with Crippen LogP contribution in [0.4, 0.5) is 15.8 Å². The summed E-state index contributed by atoms with van der Waals surface area (Å²) in [5.41, 5.74) is 0.705. The lowest BCUT2D eigenvalue weighted by Crippen LogP contribution is -2.27. The Morgan fingerprint density at radius 2 is 1.67 bits per heavy atom. The van der Waals surface area contributed by atoms with Gasteiger partial charge in [0.05, 0.1) is 28.3 Å². The van der Waals surface area contributed by atoms with E-state index in [1.54, 1.807) is 12.1 Å². The van der Waals surface area contributed by atoms with E-state index in [4.69, 9.17) is 16.3 Å². The van der Waals surface area contributed by atoms with Crippen LogP contribution in [0.15, 0.2) is 71.6 Å². The van der Waals surface area contributed by atoms with Gasteiger partial charge >= 0.3 is 0 Å². The Kier molecular flexibility index (Phi) is 6.28. The number of carbonyl (C=O) groups excluding carboxylic acids is 1. The average molecular weight is 449 g/mol. The summed E-state index contributed by atoms with van der Waals surface area (Å²) < 4.78 is 45.0. The van der Waals surface area contributed by atoms with Gasteiger partial charge in [0.1, 0.15) is 11.6 Å². The van der Waals surface area contributed by atoms with Crippen molar-refractivity contribution >= 4 is 38.9 Å². The van der Waals surface area contributed by atoms with Crippen molar-refractivity contribution in [2.24, 2.45) is 0 Å². The molecule has 3 aromatic carbocycles. The Labute approximate surface area is 178 Å². The number of benzene rings is 3. The Balaban J connectivity index is 1.89. The minimum atomic E-state index is -3.87. The quantitative estimate of drug-likeness (QED) is 0.599. The zero-order valence-electron chi connectivity index (χ0n) is 16.1. The van der Waals surface area contributed by atoms with Crippen LogP contribution < -0.4 is 14.4 Å². The number of methoxy groups -OCH3 is 1. The largest absolute Gasteiger partial charge is 0.497 e. The van der Waals surface area contributed by atoms with E-state index in [1.165, 1.54) is 68.8 Å². The molecule has 30 heavy (non-hydrogen) atoms. The molecule has 0 aliphatic carbocycles. The third-order valence-electron chi connectivity index (χ3n) is 4.38. The lowest BCUT2D eigenvalue weighted by Gasteiger charge is -2.20. The van der Waals surface area contributed by atoms with E-state index in [1.807, 2.05) is 0 Å². The lowest BCUT2D eigenvalue weighted by molar-refractivity contribution is 0.102. The molecule has 0 atom stereocenters. The molecule has 1 N–H and O–H groups in total. The SMILES string of the molecule is COc1ccc(S(=O)(=O)N(C)c2ccc(Cl)c(C(=O)Nc3ccc(F)cc3)c2)cc1. The second kappa shape index (κ2) is 8.73. The first kappa shape index (κ1) is 21.6.